The van der Waals surface area contributed by atoms with Gasteiger partial charge in [0.15, 0.2) is 0 Å². The van der Waals surface area contributed by atoms with Gasteiger partial charge in [-0.05, 0) is 4.90 Å². The van der Waals surface area contributed by atoms with Crippen LogP contribution in [0.5, 0.6) is 0 Å². The lowest BCUT2D eigenvalue weighted by molar-refractivity contribution is -0.808. The lowest BCUT2D eigenvalue weighted by Crippen LogP contribution is -2.30. The molecule has 0 saturated heterocycles. The minimum absolute atomic E-state index is 0.338. The second-order valence-electron chi connectivity index (χ2n) is 2.65. The van der Waals surface area contributed by atoms with E-state index in [2.05, 4.69) is 9.79 Å². The Morgan fingerprint density at radius 1 is 1.60 bits per heavy atom. The molecule has 9 heteroatoms. The second-order valence-corrected chi connectivity index (χ2v) is 2.65. The molecule has 1 aromatic rings. The van der Waals surface area contributed by atoms with Crippen molar-refractivity contribution in [2.75, 3.05) is 0 Å². The summed E-state index contributed by atoms with van der Waals surface area (Å²) in [5, 5.41) is 22.0. The summed E-state index contributed by atoms with van der Waals surface area (Å²) in [4.78, 5) is 10.1. The Hall–Kier alpha value is -1.80. The smallest absolute Gasteiger partial charge is 0.389 e. The number of rotatable bonds is 3. The highest BCUT2D eigenvalue weighted by atomic mass is 19.4. The molecule has 0 bridgehead atoms. The van der Waals surface area contributed by atoms with Gasteiger partial charge in [-0.1, -0.05) is 0 Å². The van der Waals surface area contributed by atoms with Crippen LogP contribution in [0.3, 0.4) is 0 Å². The van der Waals surface area contributed by atoms with Crippen LogP contribution in [0.1, 0.15) is 22.6 Å². The molecule has 0 radical (unpaired) electrons. The number of hydrogen-bond acceptors (Lipinski definition) is 4. The van der Waals surface area contributed by atoms with Crippen molar-refractivity contribution in [3.63, 3.8) is 0 Å². The summed E-state index contributed by atoms with van der Waals surface area (Å²) in [6.45, 7) is 0. The fourth-order valence-corrected chi connectivity index (χ4v) is 0.899. The number of aromatic carboxylic acids is 1. The van der Waals surface area contributed by atoms with Gasteiger partial charge in [0, 0.05) is 6.42 Å². The first-order valence-electron chi connectivity index (χ1n) is 3.70. The van der Waals surface area contributed by atoms with E-state index in [4.69, 9.17) is 5.11 Å². The van der Waals surface area contributed by atoms with E-state index >= 15 is 0 Å². The zero-order chi connectivity index (χ0) is 11.6. The highest BCUT2D eigenvalue weighted by molar-refractivity contribution is 5.85. The van der Waals surface area contributed by atoms with E-state index in [0.29, 0.717) is 0 Å². The minimum atomic E-state index is -4.47. The minimum Gasteiger partial charge on any atom is -0.475 e. The van der Waals surface area contributed by atoms with E-state index in [1.165, 1.54) is 0 Å². The maximum Gasteiger partial charge on any atom is 0.389 e. The van der Waals surface area contributed by atoms with Gasteiger partial charge in [-0.15, -0.1) is 0 Å². The van der Waals surface area contributed by atoms with Crippen molar-refractivity contribution in [1.29, 1.82) is 0 Å². The summed E-state index contributed by atoms with van der Waals surface area (Å²) in [7, 11) is 0. The van der Waals surface area contributed by atoms with E-state index in [1.54, 1.807) is 0 Å². The molecule has 0 aromatic carbocycles. The monoisotopic (exact) mass is 226 g/mol. The first kappa shape index (κ1) is 11.3. The maximum atomic E-state index is 11.8. The van der Waals surface area contributed by atoms with Crippen molar-refractivity contribution in [2.45, 2.75) is 19.0 Å². The number of carboxylic acids is 1. The Kier molecular flexibility index (Phi) is 2.82. The third-order valence-corrected chi connectivity index (χ3v) is 1.55. The standard InChI is InChI=1S/C6H5F3N2O4/c7-6(8,9)2-1-3-4(5(12)13)10-15-11(3)14/h1-2H2,(H,12,13). The largest absolute Gasteiger partial charge is 0.475 e. The molecule has 0 fully saturated rings. The quantitative estimate of drug-likeness (QED) is 0.758. The summed E-state index contributed by atoms with van der Waals surface area (Å²) < 4.78 is 39.3. The molecule has 0 aliphatic heterocycles. The Morgan fingerprint density at radius 2 is 2.20 bits per heavy atom. The lowest BCUT2D eigenvalue weighted by Gasteiger charge is -2.03. The number of halogens is 3. The number of carbonyl (C=O) groups is 1. The first-order valence-corrected chi connectivity index (χ1v) is 3.70. The van der Waals surface area contributed by atoms with Crippen LogP contribution in [-0.4, -0.2) is 22.4 Å². The summed E-state index contributed by atoms with van der Waals surface area (Å²) in [6, 6.07) is 0. The molecule has 0 atom stereocenters. The van der Waals surface area contributed by atoms with Crippen LogP contribution in [0.4, 0.5) is 13.2 Å². The van der Waals surface area contributed by atoms with Gasteiger partial charge in [-0.2, -0.15) is 13.2 Å². The normalized spacial score (nSPS) is 11.7. The van der Waals surface area contributed by atoms with E-state index in [1.807, 2.05) is 0 Å². The molecule has 0 aliphatic rings. The zero-order valence-electron chi connectivity index (χ0n) is 7.11. The number of carboxylic acid groups (broad SMARTS) is 1. The summed E-state index contributed by atoms with van der Waals surface area (Å²) in [6.07, 6.45) is -6.56. The van der Waals surface area contributed by atoms with Crippen LogP contribution in [0.25, 0.3) is 0 Å². The molecule has 15 heavy (non-hydrogen) atoms. The average molecular weight is 226 g/mol. The van der Waals surface area contributed by atoms with Crippen molar-refractivity contribution in [1.82, 2.24) is 5.16 Å². The Bertz CT molecular complexity index is 373. The van der Waals surface area contributed by atoms with Gasteiger partial charge in [-0.3, -0.25) is 4.63 Å². The zero-order valence-corrected chi connectivity index (χ0v) is 7.11. The molecule has 1 N–H and O–H groups in total. The predicted octanol–water partition coefficient (Wildman–Crippen LogP) is 0.501. The lowest BCUT2D eigenvalue weighted by atomic mass is 10.2. The van der Waals surface area contributed by atoms with Crippen molar-refractivity contribution in [2.24, 2.45) is 0 Å². The van der Waals surface area contributed by atoms with Gasteiger partial charge < -0.3 is 10.3 Å². The van der Waals surface area contributed by atoms with Gasteiger partial charge in [0.05, 0.1) is 11.6 Å². The summed E-state index contributed by atoms with van der Waals surface area (Å²) in [5.41, 5.74) is -1.44. The van der Waals surface area contributed by atoms with Crippen LogP contribution in [0, 0.1) is 5.21 Å². The fraction of sp³-hybridized carbons (Fsp3) is 0.500. The van der Waals surface area contributed by atoms with Gasteiger partial charge in [-0.25, -0.2) is 4.79 Å². The number of hydrogen-bond donors (Lipinski definition) is 1. The Balaban J connectivity index is 2.84. The number of nitrogens with zero attached hydrogens (tertiary/aromatic N) is 2. The topological polar surface area (TPSA) is 90.3 Å². The molecule has 0 aliphatic carbocycles. The van der Waals surface area contributed by atoms with Crippen molar-refractivity contribution in [3.8, 4) is 0 Å². The molecule has 0 amide bonds. The summed E-state index contributed by atoms with van der Waals surface area (Å²) >= 11 is 0. The molecular formula is C6H5F3N2O4. The molecular weight excluding hydrogens is 221 g/mol. The molecule has 1 aromatic heterocycles. The van der Waals surface area contributed by atoms with Crippen LogP contribution in [0.2, 0.25) is 0 Å². The molecule has 0 spiro atoms. The highest BCUT2D eigenvalue weighted by Crippen LogP contribution is 2.21. The van der Waals surface area contributed by atoms with E-state index in [9.17, 15) is 23.2 Å². The van der Waals surface area contributed by atoms with Crippen LogP contribution >= 0.6 is 0 Å². The fourth-order valence-electron chi connectivity index (χ4n) is 0.899. The average Bonchev–Trinajstić information content (AvgIpc) is 2.42. The molecule has 84 valence electrons. The van der Waals surface area contributed by atoms with Crippen molar-refractivity contribution < 1.29 is 32.6 Å². The number of aromatic nitrogens is 2. The van der Waals surface area contributed by atoms with Gasteiger partial charge >= 0.3 is 17.8 Å². The van der Waals surface area contributed by atoms with Crippen molar-refractivity contribution >= 4 is 5.97 Å². The molecule has 6 nitrogen and oxygen atoms in total. The maximum absolute atomic E-state index is 11.8. The van der Waals surface area contributed by atoms with E-state index in [0.717, 1.165) is 0 Å². The van der Waals surface area contributed by atoms with Gasteiger partial charge in [0.2, 0.25) is 5.69 Å². The molecule has 1 heterocycles. The van der Waals surface area contributed by atoms with Crippen molar-refractivity contribution in [3.05, 3.63) is 16.6 Å². The SMILES string of the molecule is O=C(O)c1no[n+]([O-])c1CCC(F)(F)F. The third kappa shape index (κ3) is 2.82. The Labute approximate surface area is 80.4 Å². The first-order chi connectivity index (χ1) is 6.81. The van der Waals surface area contributed by atoms with E-state index in [-0.39, 0.29) is 4.90 Å². The van der Waals surface area contributed by atoms with Crippen LogP contribution in [-0.2, 0) is 6.42 Å². The molecule has 0 saturated carbocycles. The Morgan fingerprint density at radius 3 is 2.67 bits per heavy atom. The molecule has 1 rings (SSSR count). The van der Waals surface area contributed by atoms with Crippen LogP contribution < -0.4 is 4.90 Å². The second kappa shape index (κ2) is 3.75. The predicted molar refractivity (Wildman–Crippen MR) is 36.8 cm³/mol. The van der Waals surface area contributed by atoms with Crippen LogP contribution in [0.15, 0.2) is 4.63 Å². The van der Waals surface area contributed by atoms with Gasteiger partial charge in [0.25, 0.3) is 0 Å². The molecule has 0 unspecified atom stereocenters. The van der Waals surface area contributed by atoms with Gasteiger partial charge in [0.1, 0.15) is 0 Å². The third-order valence-electron chi connectivity index (χ3n) is 1.55. The highest BCUT2D eigenvalue weighted by Gasteiger charge is 2.32. The summed E-state index contributed by atoms with van der Waals surface area (Å²) in [5.74, 6) is -1.61. The van der Waals surface area contributed by atoms with E-state index < -0.39 is 36.4 Å². The number of alkyl halides is 3.